The lowest BCUT2D eigenvalue weighted by Gasteiger charge is -2.37. The predicted molar refractivity (Wildman–Crippen MR) is 104 cm³/mol. The Labute approximate surface area is 159 Å². The summed E-state index contributed by atoms with van der Waals surface area (Å²) in [6.07, 6.45) is 5.27. The van der Waals surface area contributed by atoms with E-state index >= 15 is 0 Å². The Kier molecular flexibility index (Phi) is 5.05. The molecule has 2 fully saturated rings. The van der Waals surface area contributed by atoms with Crippen molar-refractivity contribution in [3.05, 3.63) is 53.5 Å². The molecule has 2 atom stereocenters. The molecule has 3 heterocycles. The number of primary amides is 1. The molecule has 1 amide bonds. The summed E-state index contributed by atoms with van der Waals surface area (Å²) >= 11 is 0. The van der Waals surface area contributed by atoms with E-state index < -0.39 is 5.91 Å². The minimum absolute atomic E-state index is 0.218. The van der Waals surface area contributed by atoms with Gasteiger partial charge >= 0.3 is 0 Å². The van der Waals surface area contributed by atoms with Crippen molar-refractivity contribution in [3.8, 4) is 0 Å². The van der Waals surface area contributed by atoms with Crippen LogP contribution in [0.3, 0.4) is 0 Å². The number of hydrogen-bond donors (Lipinski definition) is 3. The minimum atomic E-state index is -0.540. The van der Waals surface area contributed by atoms with Crippen LogP contribution in [0.4, 0.5) is 5.82 Å². The molecule has 2 saturated heterocycles. The first-order valence-electron chi connectivity index (χ1n) is 9.54. The van der Waals surface area contributed by atoms with E-state index in [-0.39, 0.29) is 5.69 Å². The van der Waals surface area contributed by atoms with Gasteiger partial charge in [-0.2, -0.15) is 0 Å². The van der Waals surface area contributed by atoms with E-state index in [1.54, 1.807) is 6.20 Å². The Bertz CT molecular complexity index is 818. The Balaban J connectivity index is 1.44. The highest BCUT2D eigenvalue weighted by atomic mass is 16.1. The van der Waals surface area contributed by atoms with Crippen LogP contribution in [0.5, 0.6) is 0 Å². The van der Waals surface area contributed by atoms with Crippen molar-refractivity contribution >= 4 is 11.7 Å². The molecule has 1 aromatic heterocycles. The zero-order valence-electron chi connectivity index (χ0n) is 15.6. The number of piperidine rings is 1. The van der Waals surface area contributed by atoms with Gasteiger partial charge in [-0.05, 0) is 36.8 Å². The number of rotatable bonds is 4. The molecule has 2 aliphatic rings. The van der Waals surface area contributed by atoms with Crippen LogP contribution in [0.2, 0.25) is 0 Å². The summed E-state index contributed by atoms with van der Waals surface area (Å²) in [5.74, 6) is 1.27. The van der Waals surface area contributed by atoms with Crippen LogP contribution in [0.15, 0.2) is 36.7 Å². The molecule has 2 aromatic rings. The fourth-order valence-electron chi connectivity index (χ4n) is 4.38. The number of nitrogens with zero attached hydrogens (tertiary/aromatic N) is 3. The average molecular weight is 366 g/mol. The molecule has 27 heavy (non-hydrogen) atoms. The summed E-state index contributed by atoms with van der Waals surface area (Å²) < 4.78 is 0. The van der Waals surface area contributed by atoms with E-state index in [1.165, 1.54) is 17.3 Å². The second-order valence-electron chi connectivity index (χ2n) is 7.47. The maximum atomic E-state index is 11.3. The Hall–Kier alpha value is -2.51. The number of nitrogens with two attached hydrogens (primary N) is 1. The van der Waals surface area contributed by atoms with Gasteiger partial charge in [0.1, 0.15) is 11.5 Å². The summed E-state index contributed by atoms with van der Waals surface area (Å²) in [6.45, 7) is 4.96. The third kappa shape index (κ3) is 3.65. The average Bonchev–Trinajstić information content (AvgIpc) is 3.18. The zero-order chi connectivity index (χ0) is 18.8. The number of benzene rings is 1. The summed E-state index contributed by atoms with van der Waals surface area (Å²) in [7, 11) is 0. The second kappa shape index (κ2) is 7.62. The topological polar surface area (TPSA) is 96.2 Å². The third-order valence-corrected chi connectivity index (χ3v) is 5.86. The van der Waals surface area contributed by atoms with Gasteiger partial charge in [0.25, 0.3) is 5.91 Å². The fourth-order valence-corrected chi connectivity index (χ4v) is 4.38. The summed E-state index contributed by atoms with van der Waals surface area (Å²) in [4.78, 5) is 22.0. The van der Waals surface area contributed by atoms with Crippen LogP contribution in [0, 0.1) is 12.8 Å². The fraction of sp³-hybridized carbons (Fsp3) is 0.450. The number of amides is 1. The van der Waals surface area contributed by atoms with Gasteiger partial charge in [0.05, 0.1) is 12.4 Å². The SMILES string of the molecule is Cc1ccccc1C1CNNC1C1CCN(c2cncc(C(N)=O)n2)CC1. The standard InChI is InChI=1S/C20H26N6O/c1-13-4-2-3-5-15(13)16-10-23-25-19(16)14-6-8-26(9-7-14)18-12-22-11-17(24-18)20(21)27/h2-5,11-12,14,16,19,23,25H,6-10H2,1H3,(H2,21,27). The number of carbonyl (C=O) groups is 1. The molecular formula is C20H26N6O. The van der Waals surface area contributed by atoms with Crippen LogP contribution in [-0.2, 0) is 0 Å². The largest absolute Gasteiger partial charge is 0.364 e. The number of hydrogen-bond acceptors (Lipinski definition) is 6. The maximum Gasteiger partial charge on any atom is 0.268 e. The molecule has 0 saturated carbocycles. The molecule has 0 aliphatic carbocycles. The van der Waals surface area contributed by atoms with E-state index in [9.17, 15) is 4.79 Å². The predicted octanol–water partition coefficient (Wildman–Crippen LogP) is 1.36. The molecule has 0 radical (unpaired) electrons. The number of nitrogens with one attached hydrogen (secondary N) is 2. The van der Waals surface area contributed by atoms with E-state index in [4.69, 9.17) is 5.73 Å². The summed E-state index contributed by atoms with van der Waals surface area (Å²) in [6, 6.07) is 9.10. The Morgan fingerprint density at radius 2 is 2.00 bits per heavy atom. The molecule has 2 aliphatic heterocycles. The van der Waals surface area contributed by atoms with Gasteiger partial charge in [-0.15, -0.1) is 0 Å². The molecule has 4 N–H and O–H groups in total. The highest BCUT2D eigenvalue weighted by molar-refractivity contribution is 5.90. The van der Waals surface area contributed by atoms with Crippen molar-refractivity contribution in [1.82, 2.24) is 20.8 Å². The number of carbonyl (C=O) groups excluding carboxylic acids is 1. The van der Waals surface area contributed by atoms with Gasteiger partial charge in [-0.25, -0.2) is 4.98 Å². The maximum absolute atomic E-state index is 11.3. The van der Waals surface area contributed by atoms with Crippen LogP contribution in [-0.4, -0.2) is 41.6 Å². The number of hydrazine groups is 1. The second-order valence-corrected chi connectivity index (χ2v) is 7.47. The first-order valence-corrected chi connectivity index (χ1v) is 9.54. The first-order chi connectivity index (χ1) is 13.1. The van der Waals surface area contributed by atoms with Crippen LogP contribution >= 0.6 is 0 Å². The Morgan fingerprint density at radius 3 is 2.74 bits per heavy atom. The summed E-state index contributed by atoms with van der Waals surface area (Å²) in [5.41, 5.74) is 15.2. The van der Waals surface area contributed by atoms with Crippen LogP contribution in [0.1, 0.15) is 40.4 Å². The zero-order valence-corrected chi connectivity index (χ0v) is 15.6. The van der Waals surface area contributed by atoms with Crippen molar-refractivity contribution in [1.29, 1.82) is 0 Å². The molecular weight excluding hydrogens is 340 g/mol. The number of aryl methyl sites for hydroxylation is 1. The van der Waals surface area contributed by atoms with E-state index in [0.717, 1.165) is 38.3 Å². The lowest BCUT2D eigenvalue weighted by molar-refractivity contribution is 0.0995. The first kappa shape index (κ1) is 17.9. The van der Waals surface area contributed by atoms with E-state index in [0.29, 0.717) is 17.9 Å². The lowest BCUT2D eigenvalue weighted by atomic mass is 9.79. The number of anilines is 1. The molecule has 0 bridgehead atoms. The highest BCUT2D eigenvalue weighted by Crippen LogP contribution is 2.34. The van der Waals surface area contributed by atoms with Gasteiger partial charge < -0.3 is 10.6 Å². The van der Waals surface area contributed by atoms with Crippen LogP contribution in [0.25, 0.3) is 0 Å². The molecule has 0 spiro atoms. The van der Waals surface area contributed by atoms with Crippen molar-refractivity contribution in [2.75, 3.05) is 24.5 Å². The van der Waals surface area contributed by atoms with Crippen LogP contribution < -0.4 is 21.5 Å². The minimum Gasteiger partial charge on any atom is -0.364 e. The Morgan fingerprint density at radius 1 is 1.22 bits per heavy atom. The lowest BCUT2D eigenvalue weighted by Crippen LogP contribution is -2.44. The van der Waals surface area contributed by atoms with Gasteiger partial charge in [-0.3, -0.25) is 20.6 Å². The summed E-state index contributed by atoms with van der Waals surface area (Å²) in [5, 5.41) is 0. The molecule has 7 heteroatoms. The molecule has 7 nitrogen and oxygen atoms in total. The van der Waals surface area contributed by atoms with Crippen molar-refractivity contribution in [3.63, 3.8) is 0 Å². The van der Waals surface area contributed by atoms with Gasteiger partial charge in [-0.1, -0.05) is 24.3 Å². The van der Waals surface area contributed by atoms with E-state index in [2.05, 4.69) is 56.9 Å². The third-order valence-electron chi connectivity index (χ3n) is 5.86. The molecule has 142 valence electrons. The molecule has 2 unspecified atom stereocenters. The molecule has 4 rings (SSSR count). The van der Waals surface area contributed by atoms with Crippen molar-refractivity contribution in [2.45, 2.75) is 31.7 Å². The monoisotopic (exact) mass is 366 g/mol. The highest BCUT2D eigenvalue weighted by Gasteiger charge is 2.36. The number of aromatic nitrogens is 2. The normalized spacial score (nSPS) is 23.5. The van der Waals surface area contributed by atoms with Gasteiger partial charge in [0.2, 0.25) is 0 Å². The van der Waals surface area contributed by atoms with Crippen molar-refractivity contribution in [2.24, 2.45) is 11.7 Å². The van der Waals surface area contributed by atoms with Crippen molar-refractivity contribution < 1.29 is 4.79 Å². The smallest absolute Gasteiger partial charge is 0.268 e. The van der Waals surface area contributed by atoms with Gasteiger partial charge in [0.15, 0.2) is 0 Å². The van der Waals surface area contributed by atoms with Gasteiger partial charge in [0, 0.05) is 31.6 Å². The van der Waals surface area contributed by atoms with E-state index in [1.807, 2.05) is 0 Å². The molecule has 1 aromatic carbocycles. The quantitative estimate of drug-likeness (QED) is 0.756.